The molecule has 0 spiro atoms. The monoisotopic (exact) mass is 1420 g/mol. The van der Waals surface area contributed by atoms with E-state index in [-0.39, 0.29) is 50.1 Å². The van der Waals surface area contributed by atoms with Crippen LogP contribution >= 0.6 is 0 Å². The van der Waals surface area contributed by atoms with Gasteiger partial charge in [0.05, 0.1) is 50.1 Å². The molecule has 12 rings (SSSR count). The zero-order valence-electron chi connectivity index (χ0n) is 55.7. The Kier molecular flexibility index (Phi) is 24.4. The van der Waals surface area contributed by atoms with Gasteiger partial charge in [-0.1, -0.05) is 164 Å². The molecule has 3 saturated heterocycles. The number of rotatable bonds is 25. The van der Waals surface area contributed by atoms with Crippen molar-refractivity contribution in [2.24, 2.45) is 0 Å². The maximum absolute atomic E-state index is 14.9. The van der Waals surface area contributed by atoms with Gasteiger partial charge >= 0.3 is 53.7 Å². The summed E-state index contributed by atoms with van der Waals surface area (Å²) >= 11 is 0. The van der Waals surface area contributed by atoms with Crippen molar-refractivity contribution >= 4 is 53.7 Å². The molecule has 0 amide bonds. The molecule has 0 bridgehead atoms. The molecular weight excluding hydrogens is 1360 g/mol. The van der Waals surface area contributed by atoms with Crippen LogP contribution in [0.25, 0.3) is 0 Å². The number of ether oxygens (including phenoxy) is 14. The summed E-state index contributed by atoms with van der Waals surface area (Å²) in [6, 6.07) is 69.3. The lowest BCUT2D eigenvalue weighted by Crippen LogP contribution is -2.66. The number of carbonyl (C=O) groups excluding carboxylic acids is 9. The Balaban J connectivity index is 0.984. The molecule has 3 aliphatic rings. The Hall–Kier alpha value is -12.0. The second kappa shape index (κ2) is 35.2. The van der Waals surface area contributed by atoms with E-state index in [1.54, 1.807) is 164 Å². The van der Waals surface area contributed by atoms with Gasteiger partial charge in [-0.25, -0.2) is 43.2 Å². The highest BCUT2D eigenvalue weighted by Crippen LogP contribution is 2.39. The van der Waals surface area contributed by atoms with E-state index in [1.807, 2.05) is 0 Å². The molecule has 9 aromatic rings. The van der Waals surface area contributed by atoms with Crippen molar-refractivity contribution in [2.45, 2.75) is 92.4 Å². The van der Waals surface area contributed by atoms with Gasteiger partial charge in [0.2, 0.25) is 0 Å². The second-order valence-corrected chi connectivity index (χ2v) is 24.0. The molecule has 0 radical (unpaired) electrons. The highest BCUT2D eigenvalue weighted by molar-refractivity contribution is 5.94. The largest absolute Gasteiger partial charge is 0.459 e. The van der Waals surface area contributed by atoms with E-state index in [1.165, 1.54) is 109 Å². The maximum atomic E-state index is 14.9. The van der Waals surface area contributed by atoms with Crippen molar-refractivity contribution in [3.63, 3.8) is 0 Å². The lowest BCUT2D eigenvalue weighted by atomic mass is 9.96. The van der Waals surface area contributed by atoms with E-state index < -0.39 is 166 Å². The first-order valence-electron chi connectivity index (χ1n) is 33.4. The van der Waals surface area contributed by atoms with Crippen molar-refractivity contribution in [2.75, 3.05) is 19.8 Å². The number of aliphatic hydroxyl groups excluding tert-OH is 1. The topological polar surface area (TPSA) is 303 Å². The first-order chi connectivity index (χ1) is 51.2. The van der Waals surface area contributed by atoms with E-state index in [4.69, 9.17) is 66.3 Å². The average Bonchev–Trinajstić information content (AvgIpc) is 0.770. The van der Waals surface area contributed by atoms with Crippen LogP contribution in [0.2, 0.25) is 0 Å². The summed E-state index contributed by atoms with van der Waals surface area (Å²) in [5.74, 6) is -8.77. The quantitative estimate of drug-likeness (QED) is 0.0411. The van der Waals surface area contributed by atoms with Crippen LogP contribution in [-0.2, 0) is 66.3 Å². The van der Waals surface area contributed by atoms with E-state index >= 15 is 0 Å². The van der Waals surface area contributed by atoms with E-state index in [0.29, 0.717) is 0 Å². The predicted octanol–water partition coefficient (Wildman–Crippen LogP) is 10.2. The molecular formula is C81H68O24. The van der Waals surface area contributed by atoms with Crippen LogP contribution < -0.4 is 0 Å². The van der Waals surface area contributed by atoms with Crippen LogP contribution in [0.15, 0.2) is 273 Å². The number of aliphatic hydroxyl groups is 1. The fourth-order valence-corrected chi connectivity index (χ4v) is 11.8. The predicted molar refractivity (Wildman–Crippen MR) is 367 cm³/mol. The van der Waals surface area contributed by atoms with E-state index in [2.05, 4.69) is 0 Å². The van der Waals surface area contributed by atoms with Crippen LogP contribution in [0.5, 0.6) is 0 Å². The minimum absolute atomic E-state index is 0.00182. The Bertz CT molecular complexity index is 4390. The van der Waals surface area contributed by atoms with Crippen LogP contribution in [0, 0.1) is 0 Å². The number of hydrogen-bond donors (Lipinski definition) is 1. The molecule has 24 heteroatoms. The number of carbonyl (C=O) groups is 9. The fourth-order valence-electron chi connectivity index (χ4n) is 11.8. The zero-order valence-corrected chi connectivity index (χ0v) is 55.7. The van der Waals surface area contributed by atoms with Gasteiger partial charge in [-0.2, -0.15) is 0 Å². The van der Waals surface area contributed by atoms with Crippen LogP contribution in [0.1, 0.15) is 99.6 Å². The smallest absolute Gasteiger partial charge is 0.338 e. The third-order valence-corrected chi connectivity index (χ3v) is 17.0. The normalized spacial score (nSPS) is 23.3. The van der Waals surface area contributed by atoms with Crippen LogP contribution in [0.3, 0.4) is 0 Å². The summed E-state index contributed by atoms with van der Waals surface area (Å²) in [4.78, 5) is 130. The van der Waals surface area contributed by atoms with Gasteiger partial charge < -0.3 is 71.4 Å². The summed E-state index contributed by atoms with van der Waals surface area (Å²) in [6.45, 7) is -2.38. The lowest BCUT2D eigenvalue weighted by Gasteiger charge is -2.48. The minimum Gasteiger partial charge on any atom is -0.459 e. The molecule has 14 atom stereocenters. The SMILES string of the molecule is O=C(OC[C@H]1O[C@@H](O[C@H]2[C@H](OC(=O)c3ccccc3)[C@@H](OC(=O)c3ccccc3)[C@@H](O)O[C@@H]2COC(=O)c2ccccc2)C[C@@H](OC(=O)c2ccccc2)[C@H]1O[C@H]1O[C@H](COC(=O)c2ccccc2)[C@H](OC(=O)c2ccccc2)[C@H](OC(=O)c2ccccc2)[C@H]1OC(=O)c1ccccc1)c1ccccc1. The molecule has 9 aromatic carbocycles. The van der Waals surface area contributed by atoms with Gasteiger partial charge in [-0.3, -0.25) is 0 Å². The van der Waals surface area contributed by atoms with Crippen LogP contribution in [-0.4, -0.2) is 165 Å². The molecule has 0 unspecified atom stereocenters. The Morgan fingerprint density at radius 1 is 0.267 bits per heavy atom. The second-order valence-electron chi connectivity index (χ2n) is 24.0. The summed E-state index contributed by atoms with van der Waals surface area (Å²) in [5, 5.41) is 12.0. The third kappa shape index (κ3) is 18.8. The highest BCUT2D eigenvalue weighted by Gasteiger charge is 2.58. The molecule has 24 nitrogen and oxygen atoms in total. The Labute approximate surface area is 601 Å². The van der Waals surface area contributed by atoms with Crippen molar-refractivity contribution in [3.8, 4) is 0 Å². The molecule has 536 valence electrons. The average molecular weight is 1430 g/mol. The number of hydrogen-bond acceptors (Lipinski definition) is 24. The standard InChI is InChI=1S/C81H68O24/c82-71(50-28-10-1-11-29-50)92-47-60-64(105-81-70(104-79(90)58-44-26-9-27-45-58)68(102-77(88)56-40-22-7-23-41-56)66(100-75(86)54-36-18-5-19-37-54)62(98-81)49-94-73(84)52-32-14-3-15-33-52)59(96-74(85)53-34-16-4-17-35-53)46-63(95-60)99-65-61(48-93-72(83)51-30-12-2-13-31-51)97-80(91)69(103-78(89)57-42-24-8-25-43-57)67(65)101-76(87)55-38-20-6-21-39-55/h1-45,59-70,80-81,91H,46-49H2/t59-,60-,61-,62-,63+,64-,65-,66+,67+,68+,69-,70-,80+,81-/m1/s1. The van der Waals surface area contributed by atoms with Crippen molar-refractivity contribution in [3.05, 3.63) is 323 Å². The van der Waals surface area contributed by atoms with Gasteiger partial charge in [-0.15, -0.1) is 0 Å². The minimum atomic E-state index is -2.14. The first-order valence-corrected chi connectivity index (χ1v) is 33.4. The summed E-state index contributed by atoms with van der Waals surface area (Å²) in [6.07, 6.45) is -27.0. The highest BCUT2D eigenvalue weighted by atomic mass is 16.8. The van der Waals surface area contributed by atoms with E-state index in [9.17, 15) is 48.3 Å². The molecule has 3 fully saturated rings. The molecule has 0 aromatic heterocycles. The maximum Gasteiger partial charge on any atom is 0.338 e. The zero-order chi connectivity index (χ0) is 73.0. The molecule has 105 heavy (non-hydrogen) atoms. The van der Waals surface area contributed by atoms with Gasteiger partial charge in [0.1, 0.15) is 56.4 Å². The van der Waals surface area contributed by atoms with Crippen molar-refractivity contribution in [1.29, 1.82) is 0 Å². The molecule has 0 saturated carbocycles. The van der Waals surface area contributed by atoms with Gasteiger partial charge in [0.25, 0.3) is 0 Å². The number of benzene rings is 9. The Morgan fingerprint density at radius 2 is 0.524 bits per heavy atom. The number of esters is 9. The van der Waals surface area contributed by atoms with Crippen molar-refractivity contribution < 1.29 is 115 Å². The van der Waals surface area contributed by atoms with E-state index in [0.717, 1.165) is 0 Å². The first kappa shape index (κ1) is 72.7. The summed E-state index contributed by atoms with van der Waals surface area (Å²) < 4.78 is 89.5. The van der Waals surface area contributed by atoms with Gasteiger partial charge in [-0.05, 0) is 109 Å². The van der Waals surface area contributed by atoms with Gasteiger partial charge in [0.15, 0.2) is 49.4 Å². The summed E-state index contributed by atoms with van der Waals surface area (Å²) in [7, 11) is 0. The summed E-state index contributed by atoms with van der Waals surface area (Å²) in [5.41, 5.74) is 0.196. The van der Waals surface area contributed by atoms with Crippen molar-refractivity contribution in [1.82, 2.24) is 0 Å². The molecule has 0 aliphatic carbocycles. The fraction of sp³-hybridized carbons (Fsp3) is 0.222. The van der Waals surface area contributed by atoms with Gasteiger partial charge in [0, 0.05) is 6.42 Å². The Morgan fingerprint density at radius 3 is 0.857 bits per heavy atom. The third-order valence-electron chi connectivity index (χ3n) is 17.0. The lowest BCUT2D eigenvalue weighted by molar-refractivity contribution is -0.358. The molecule has 3 aliphatic heterocycles. The molecule has 1 N–H and O–H groups in total. The molecule has 3 heterocycles. The van der Waals surface area contributed by atoms with Crippen LogP contribution in [0.4, 0.5) is 0 Å².